The Balaban J connectivity index is 2.44. The number of carbonyl (C=O) groups is 1. The molecule has 0 aromatic carbocycles. The second-order valence-corrected chi connectivity index (χ2v) is 5.50. The molecule has 5 nitrogen and oxygen atoms in total. The number of hydrogen-bond donors (Lipinski definition) is 3. The van der Waals surface area contributed by atoms with Gasteiger partial charge in [-0.05, 0) is 33.7 Å². The van der Waals surface area contributed by atoms with Crippen molar-refractivity contribution in [2.45, 2.75) is 44.4 Å². The molecule has 0 bridgehead atoms. The third kappa shape index (κ3) is 4.47. The van der Waals surface area contributed by atoms with Crippen molar-refractivity contribution in [3.63, 3.8) is 0 Å². The number of aliphatic hydroxyl groups is 1. The zero-order chi connectivity index (χ0) is 12.4. The fourth-order valence-electron chi connectivity index (χ4n) is 1.86. The molecule has 1 rings (SSSR count). The van der Waals surface area contributed by atoms with Gasteiger partial charge in [0.25, 0.3) is 0 Å². The molecule has 4 N–H and O–H groups in total. The SMILES string of the molecule is CN1CCC(N)(NC(=O)CC(C)(C)O)CC1. The Hall–Kier alpha value is -0.650. The molecule has 0 saturated carbocycles. The van der Waals surface area contributed by atoms with Crippen molar-refractivity contribution in [1.29, 1.82) is 0 Å². The van der Waals surface area contributed by atoms with Gasteiger partial charge < -0.3 is 21.1 Å². The van der Waals surface area contributed by atoms with E-state index in [1.54, 1.807) is 13.8 Å². The minimum Gasteiger partial charge on any atom is -0.390 e. The van der Waals surface area contributed by atoms with E-state index in [4.69, 9.17) is 5.73 Å². The summed E-state index contributed by atoms with van der Waals surface area (Å²) in [6.45, 7) is 5.01. The maximum absolute atomic E-state index is 11.6. The van der Waals surface area contributed by atoms with Crippen LogP contribution in [0.25, 0.3) is 0 Å². The maximum Gasteiger partial charge on any atom is 0.224 e. The molecule has 0 unspecified atom stereocenters. The van der Waals surface area contributed by atoms with Crippen LogP contribution in [0, 0.1) is 0 Å². The molecule has 16 heavy (non-hydrogen) atoms. The number of likely N-dealkylation sites (tertiary alicyclic amines) is 1. The van der Waals surface area contributed by atoms with Crippen molar-refractivity contribution in [3.05, 3.63) is 0 Å². The number of nitrogens with two attached hydrogens (primary N) is 1. The van der Waals surface area contributed by atoms with Gasteiger partial charge in [-0.3, -0.25) is 4.79 Å². The summed E-state index contributed by atoms with van der Waals surface area (Å²) in [4.78, 5) is 13.8. The van der Waals surface area contributed by atoms with E-state index in [1.165, 1.54) is 0 Å². The molecule has 94 valence electrons. The first-order valence-corrected chi connectivity index (χ1v) is 5.71. The predicted molar refractivity (Wildman–Crippen MR) is 62.7 cm³/mol. The van der Waals surface area contributed by atoms with E-state index in [2.05, 4.69) is 10.2 Å². The molecule has 1 amide bonds. The maximum atomic E-state index is 11.6. The molecule has 5 heteroatoms. The van der Waals surface area contributed by atoms with Crippen LogP contribution in [0.3, 0.4) is 0 Å². The first kappa shape index (κ1) is 13.4. The van der Waals surface area contributed by atoms with Gasteiger partial charge in [-0.1, -0.05) is 0 Å². The summed E-state index contributed by atoms with van der Waals surface area (Å²) in [6, 6.07) is 0. The Morgan fingerprint density at radius 2 is 2.00 bits per heavy atom. The predicted octanol–water partition coefficient (Wildman–Crippen LogP) is -0.356. The second kappa shape index (κ2) is 4.69. The van der Waals surface area contributed by atoms with E-state index in [0.29, 0.717) is 0 Å². The van der Waals surface area contributed by atoms with Gasteiger partial charge in [-0.25, -0.2) is 0 Å². The van der Waals surface area contributed by atoms with Crippen molar-refractivity contribution in [2.75, 3.05) is 20.1 Å². The van der Waals surface area contributed by atoms with Crippen molar-refractivity contribution in [1.82, 2.24) is 10.2 Å². The molecule has 0 aromatic rings. The highest BCUT2D eigenvalue weighted by atomic mass is 16.3. The number of carbonyl (C=O) groups excluding carboxylic acids is 1. The third-order valence-electron chi connectivity index (χ3n) is 2.86. The lowest BCUT2D eigenvalue weighted by molar-refractivity contribution is -0.127. The van der Waals surface area contributed by atoms with Crippen LogP contribution in [0.15, 0.2) is 0 Å². The highest BCUT2D eigenvalue weighted by Crippen LogP contribution is 2.17. The summed E-state index contributed by atoms with van der Waals surface area (Å²) < 4.78 is 0. The fraction of sp³-hybridized carbons (Fsp3) is 0.909. The Bertz CT molecular complexity index is 252. The summed E-state index contributed by atoms with van der Waals surface area (Å²) in [6.07, 6.45) is 1.59. The van der Waals surface area contributed by atoms with E-state index in [-0.39, 0.29) is 12.3 Å². The van der Waals surface area contributed by atoms with Gasteiger partial charge in [-0.15, -0.1) is 0 Å². The molecule has 1 aliphatic rings. The van der Waals surface area contributed by atoms with E-state index in [0.717, 1.165) is 25.9 Å². The Morgan fingerprint density at radius 1 is 1.50 bits per heavy atom. The van der Waals surface area contributed by atoms with Crippen LogP contribution in [0.4, 0.5) is 0 Å². The van der Waals surface area contributed by atoms with Crippen molar-refractivity contribution in [3.8, 4) is 0 Å². The van der Waals surface area contributed by atoms with Crippen molar-refractivity contribution < 1.29 is 9.90 Å². The molecular weight excluding hydrogens is 206 g/mol. The summed E-state index contributed by atoms with van der Waals surface area (Å²) in [7, 11) is 2.04. The van der Waals surface area contributed by atoms with Crippen LogP contribution in [0.1, 0.15) is 33.1 Å². The average Bonchev–Trinajstić information content (AvgIpc) is 2.07. The Labute approximate surface area is 97.0 Å². The summed E-state index contributed by atoms with van der Waals surface area (Å²) >= 11 is 0. The number of nitrogens with zero attached hydrogens (tertiary/aromatic N) is 1. The topological polar surface area (TPSA) is 78.6 Å². The number of piperidine rings is 1. The summed E-state index contributed by atoms with van der Waals surface area (Å²) in [5.74, 6) is -0.181. The summed E-state index contributed by atoms with van der Waals surface area (Å²) in [5, 5.41) is 12.4. The van der Waals surface area contributed by atoms with Gasteiger partial charge in [0.15, 0.2) is 0 Å². The lowest BCUT2D eigenvalue weighted by atomic mass is 9.97. The molecule has 1 aliphatic heterocycles. The van der Waals surface area contributed by atoms with Gasteiger partial charge in [0.2, 0.25) is 5.91 Å². The van der Waals surface area contributed by atoms with E-state index in [1.807, 2.05) is 7.05 Å². The molecule has 1 fully saturated rings. The minimum absolute atomic E-state index is 0.0851. The number of hydrogen-bond acceptors (Lipinski definition) is 4. The number of nitrogens with one attached hydrogen (secondary N) is 1. The van der Waals surface area contributed by atoms with Crippen molar-refractivity contribution in [2.24, 2.45) is 5.73 Å². The van der Waals surface area contributed by atoms with Crippen LogP contribution in [-0.2, 0) is 4.79 Å². The van der Waals surface area contributed by atoms with Gasteiger partial charge >= 0.3 is 0 Å². The van der Waals surface area contributed by atoms with Gasteiger partial charge in [0, 0.05) is 13.1 Å². The van der Waals surface area contributed by atoms with Crippen LogP contribution < -0.4 is 11.1 Å². The molecule has 0 atom stereocenters. The zero-order valence-electron chi connectivity index (χ0n) is 10.4. The molecule has 1 saturated heterocycles. The third-order valence-corrected chi connectivity index (χ3v) is 2.86. The van der Waals surface area contributed by atoms with Crippen LogP contribution >= 0.6 is 0 Å². The highest BCUT2D eigenvalue weighted by Gasteiger charge is 2.32. The Morgan fingerprint density at radius 3 is 2.44 bits per heavy atom. The number of rotatable bonds is 3. The van der Waals surface area contributed by atoms with E-state index >= 15 is 0 Å². The number of amides is 1. The summed E-state index contributed by atoms with van der Waals surface area (Å²) in [5.41, 5.74) is 4.52. The monoisotopic (exact) mass is 229 g/mol. The highest BCUT2D eigenvalue weighted by molar-refractivity contribution is 5.77. The van der Waals surface area contributed by atoms with E-state index in [9.17, 15) is 9.90 Å². The normalized spacial score (nSPS) is 21.8. The minimum atomic E-state index is -0.980. The zero-order valence-corrected chi connectivity index (χ0v) is 10.4. The molecule has 0 radical (unpaired) electrons. The molecular formula is C11H23N3O2. The van der Waals surface area contributed by atoms with Crippen molar-refractivity contribution >= 4 is 5.91 Å². The van der Waals surface area contributed by atoms with Gasteiger partial charge in [0.05, 0.1) is 17.7 Å². The van der Waals surface area contributed by atoms with E-state index < -0.39 is 11.3 Å². The molecule has 1 heterocycles. The quantitative estimate of drug-likeness (QED) is 0.578. The smallest absolute Gasteiger partial charge is 0.224 e. The molecule has 0 aliphatic carbocycles. The molecule has 0 spiro atoms. The lowest BCUT2D eigenvalue weighted by Gasteiger charge is -2.38. The van der Waals surface area contributed by atoms with Gasteiger partial charge in [-0.2, -0.15) is 0 Å². The largest absolute Gasteiger partial charge is 0.390 e. The van der Waals surface area contributed by atoms with Crippen LogP contribution in [0.2, 0.25) is 0 Å². The first-order chi connectivity index (χ1) is 7.20. The van der Waals surface area contributed by atoms with Gasteiger partial charge in [0.1, 0.15) is 0 Å². The lowest BCUT2D eigenvalue weighted by Crippen LogP contribution is -2.61. The fourth-order valence-corrected chi connectivity index (χ4v) is 1.86. The Kier molecular flexibility index (Phi) is 3.93. The molecule has 0 aromatic heterocycles. The first-order valence-electron chi connectivity index (χ1n) is 5.71. The standard InChI is InChI=1S/C11H23N3O2/c1-10(2,16)8-9(15)13-11(12)4-6-14(3)7-5-11/h16H,4-8,12H2,1-3H3,(H,13,15). The second-order valence-electron chi connectivity index (χ2n) is 5.50. The van der Waals surface area contributed by atoms with Crippen LogP contribution in [0.5, 0.6) is 0 Å². The average molecular weight is 229 g/mol. The van der Waals surface area contributed by atoms with Crippen LogP contribution in [-0.4, -0.2) is 47.3 Å².